The van der Waals surface area contributed by atoms with E-state index in [1.54, 1.807) is 16.8 Å². The fourth-order valence-electron chi connectivity index (χ4n) is 3.58. The summed E-state index contributed by atoms with van der Waals surface area (Å²) in [6, 6.07) is 15.1. The van der Waals surface area contributed by atoms with Crippen LogP contribution in [0.25, 0.3) is 21.8 Å². The van der Waals surface area contributed by atoms with Gasteiger partial charge in [-0.25, -0.2) is 4.68 Å². The fourth-order valence-corrected chi connectivity index (χ4v) is 4.34. The van der Waals surface area contributed by atoms with E-state index in [2.05, 4.69) is 20.6 Å². The molecule has 0 saturated heterocycles. The second-order valence-electron chi connectivity index (χ2n) is 8.22. The van der Waals surface area contributed by atoms with Gasteiger partial charge < -0.3 is 16.8 Å². The van der Waals surface area contributed by atoms with Crippen LogP contribution in [0.2, 0.25) is 0 Å². The smallest absolute Gasteiger partial charge is 0.254 e. The average Bonchev–Trinajstić information content (AvgIpc) is 3.38. The number of hydrogen-bond donors (Lipinski definition) is 3. The standard InChI is InChI=1S/C24H25N7O2S/c1-13(2)31-21(25)19(22(26)33)20(30-31)16-9-7-15(8-10-16)12-18(32)27-24-29-28-23(34-24)17-6-4-5-14(3)11-17/h4-11,13H,12,25H2,1-3H3,(H2,26,33)(H,27,29,32). The first-order chi connectivity index (χ1) is 16.2. The van der Waals surface area contributed by atoms with Crippen LogP contribution in [0, 0.1) is 6.92 Å². The first-order valence-corrected chi connectivity index (χ1v) is 11.5. The quantitative estimate of drug-likeness (QED) is 0.371. The molecule has 4 aromatic rings. The highest BCUT2D eigenvalue weighted by molar-refractivity contribution is 7.18. The van der Waals surface area contributed by atoms with Crippen molar-refractivity contribution in [3.05, 3.63) is 65.2 Å². The Hall–Kier alpha value is -4.05. The monoisotopic (exact) mass is 475 g/mol. The second-order valence-corrected chi connectivity index (χ2v) is 9.19. The zero-order valence-electron chi connectivity index (χ0n) is 19.1. The third-order valence-electron chi connectivity index (χ3n) is 5.21. The molecule has 0 unspecified atom stereocenters. The molecule has 10 heteroatoms. The maximum atomic E-state index is 12.5. The molecular weight excluding hydrogens is 450 g/mol. The molecule has 0 bridgehead atoms. The summed E-state index contributed by atoms with van der Waals surface area (Å²) in [6.07, 6.45) is 0.158. The van der Waals surface area contributed by atoms with Crippen molar-refractivity contribution in [2.75, 3.05) is 11.1 Å². The number of carbonyl (C=O) groups is 2. The van der Waals surface area contributed by atoms with Crippen LogP contribution in [-0.4, -0.2) is 31.8 Å². The minimum atomic E-state index is -0.634. The Kier molecular flexibility index (Phi) is 6.42. The highest BCUT2D eigenvalue weighted by atomic mass is 32.1. The van der Waals surface area contributed by atoms with Crippen LogP contribution >= 0.6 is 11.3 Å². The average molecular weight is 476 g/mol. The highest BCUT2D eigenvalue weighted by Gasteiger charge is 2.22. The van der Waals surface area contributed by atoms with Crippen LogP contribution in [0.15, 0.2) is 48.5 Å². The van der Waals surface area contributed by atoms with E-state index in [1.165, 1.54) is 11.3 Å². The maximum Gasteiger partial charge on any atom is 0.254 e. The number of nitrogens with one attached hydrogen (secondary N) is 1. The van der Waals surface area contributed by atoms with Gasteiger partial charge in [-0.05, 0) is 32.4 Å². The Morgan fingerprint density at radius 1 is 1.09 bits per heavy atom. The van der Waals surface area contributed by atoms with Gasteiger partial charge in [0.25, 0.3) is 5.91 Å². The van der Waals surface area contributed by atoms with Gasteiger partial charge in [-0.2, -0.15) is 5.10 Å². The van der Waals surface area contributed by atoms with Gasteiger partial charge in [0, 0.05) is 17.2 Å². The summed E-state index contributed by atoms with van der Waals surface area (Å²) in [5.74, 6) is -0.598. The fraction of sp³-hybridized carbons (Fsp3) is 0.208. The van der Waals surface area contributed by atoms with Crippen molar-refractivity contribution in [2.24, 2.45) is 5.73 Å². The molecule has 0 atom stereocenters. The Labute approximate surface area is 200 Å². The number of nitrogen functional groups attached to an aromatic ring is 1. The maximum absolute atomic E-state index is 12.5. The van der Waals surface area contributed by atoms with E-state index in [1.807, 2.05) is 57.2 Å². The molecule has 0 aliphatic heterocycles. The number of nitrogens with two attached hydrogens (primary N) is 2. The van der Waals surface area contributed by atoms with E-state index >= 15 is 0 Å². The highest BCUT2D eigenvalue weighted by Crippen LogP contribution is 2.30. The minimum absolute atomic E-state index is 0.0263. The van der Waals surface area contributed by atoms with Crippen molar-refractivity contribution >= 4 is 34.1 Å². The lowest BCUT2D eigenvalue weighted by Gasteiger charge is -2.07. The Morgan fingerprint density at radius 2 is 1.82 bits per heavy atom. The number of aromatic nitrogens is 4. The molecule has 5 N–H and O–H groups in total. The zero-order valence-corrected chi connectivity index (χ0v) is 19.9. The largest absolute Gasteiger partial charge is 0.383 e. The number of carbonyl (C=O) groups excluding carboxylic acids is 2. The third-order valence-corrected chi connectivity index (χ3v) is 6.10. The molecule has 0 fully saturated rings. The van der Waals surface area contributed by atoms with Crippen LogP contribution in [-0.2, 0) is 11.2 Å². The normalized spacial score (nSPS) is 11.1. The van der Waals surface area contributed by atoms with Crippen LogP contribution in [0.1, 0.15) is 41.4 Å². The molecule has 2 aromatic heterocycles. The summed E-state index contributed by atoms with van der Waals surface area (Å²) >= 11 is 1.32. The summed E-state index contributed by atoms with van der Waals surface area (Å²) in [7, 11) is 0. The lowest BCUT2D eigenvalue weighted by atomic mass is 10.0. The van der Waals surface area contributed by atoms with Crippen molar-refractivity contribution in [1.29, 1.82) is 0 Å². The van der Waals surface area contributed by atoms with E-state index in [-0.39, 0.29) is 29.8 Å². The van der Waals surface area contributed by atoms with Gasteiger partial charge in [0.05, 0.1) is 6.42 Å². The van der Waals surface area contributed by atoms with Crippen LogP contribution in [0.5, 0.6) is 0 Å². The SMILES string of the molecule is Cc1cccc(-c2nnc(NC(=O)Cc3ccc(-c4nn(C(C)C)c(N)c4C(N)=O)cc3)s2)c1. The minimum Gasteiger partial charge on any atom is -0.383 e. The first-order valence-electron chi connectivity index (χ1n) is 10.7. The number of nitrogens with zero attached hydrogens (tertiary/aromatic N) is 4. The molecule has 174 valence electrons. The lowest BCUT2D eigenvalue weighted by Crippen LogP contribution is -2.15. The van der Waals surface area contributed by atoms with E-state index in [9.17, 15) is 9.59 Å². The van der Waals surface area contributed by atoms with Crippen molar-refractivity contribution in [1.82, 2.24) is 20.0 Å². The second kappa shape index (κ2) is 9.44. The van der Waals surface area contributed by atoms with Gasteiger partial charge in [0.2, 0.25) is 11.0 Å². The first kappa shape index (κ1) is 23.1. The van der Waals surface area contributed by atoms with Gasteiger partial charge in [0.1, 0.15) is 22.1 Å². The Balaban J connectivity index is 1.46. The molecule has 0 radical (unpaired) electrons. The molecule has 9 nitrogen and oxygen atoms in total. The van der Waals surface area contributed by atoms with Crippen molar-refractivity contribution in [2.45, 2.75) is 33.2 Å². The van der Waals surface area contributed by atoms with Crippen LogP contribution < -0.4 is 16.8 Å². The third kappa shape index (κ3) is 4.81. The summed E-state index contributed by atoms with van der Waals surface area (Å²) in [6.45, 7) is 5.85. The van der Waals surface area contributed by atoms with Gasteiger partial charge in [0.15, 0.2) is 0 Å². The molecule has 0 aliphatic rings. The van der Waals surface area contributed by atoms with Crippen LogP contribution in [0.3, 0.4) is 0 Å². The number of rotatable bonds is 7. The molecule has 0 aliphatic carbocycles. The number of benzene rings is 2. The van der Waals surface area contributed by atoms with Gasteiger partial charge >= 0.3 is 0 Å². The van der Waals surface area contributed by atoms with E-state index in [0.29, 0.717) is 16.4 Å². The van der Waals surface area contributed by atoms with Gasteiger partial charge in [-0.15, -0.1) is 10.2 Å². The van der Waals surface area contributed by atoms with Gasteiger partial charge in [-0.3, -0.25) is 9.59 Å². The predicted molar refractivity (Wildman–Crippen MR) is 133 cm³/mol. The number of primary amides is 1. The van der Waals surface area contributed by atoms with Crippen LogP contribution in [0.4, 0.5) is 10.9 Å². The van der Waals surface area contributed by atoms with E-state index in [0.717, 1.165) is 21.7 Å². The summed E-state index contributed by atoms with van der Waals surface area (Å²) < 4.78 is 1.57. The van der Waals surface area contributed by atoms with Crippen molar-refractivity contribution in [3.63, 3.8) is 0 Å². The van der Waals surface area contributed by atoms with Crippen molar-refractivity contribution < 1.29 is 9.59 Å². The summed E-state index contributed by atoms with van der Waals surface area (Å²) in [5.41, 5.74) is 15.8. The molecule has 2 heterocycles. The molecule has 0 saturated carbocycles. The molecule has 2 amide bonds. The molecule has 0 spiro atoms. The van der Waals surface area contributed by atoms with E-state index < -0.39 is 5.91 Å². The predicted octanol–water partition coefficient (Wildman–Crippen LogP) is 3.82. The number of amides is 2. The van der Waals surface area contributed by atoms with Crippen molar-refractivity contribution in [3.8, 4) is 21.8 Å². The summed E-state index contributed by atoms with van der Waals surface area (Å²) in [5, 5.41) is 16.7. The molecule has 2 aromatic carbocycles. The number of aryl methyl sites for hydroxylation is 1. The Bertz CT molecular complexity index is 1360. The topological polar surface area (TPSA) is 142 Å². The molecule has 4 rings (SSSR count). The molecular formula is C24H25N7O2S. The molecule has 34 heavy (non-hydrogen) atoms. The summed E-state index contributed by atoms with van der Waals surface area (Å²) in [4.78, 5) is 24.5. The zero-order chi connectivity index (χ0) is 24.4. The van der Waals surface area contributed by atoms with Gasteiger partial charge in [-0.1, -0.05) is 59.4 Å². The number of hydrogen-bond acceptors (Lipinski definition) is 7. The number of anilines is 2. The Morgan fingerprint density at radius 3 is 2.47 bits per heavy atom. The van der Waals surface area contributed by atoms with E-state index in [4.69, 9.17) is 11.5 Å². The lowest BCUT2D eigenvalue weighted by molar-refractivity contribution is -0.115.